The summed E-state index contributed by atoms with van der Waals surface area (Å²) in [6.45, 7) is 0. The fraction of sp³-hybridized carbons (Fsp3) is 0.0667. The summed E-state index contributed by atoms with van der Waals surface area (Å²) in [6.07, 6.45) is -3.47. The highest BCUT2D eigenvalue weighted by Crippen LogP contribution is 2.35. The SMILES string of the molecule is Nc1cccc2c(Oc3cc(C(F)(F)F)ccc3F)ncnc12. The van der Waals surface area contributed by atoms with E-state index < -0.39 is 23.3 Å². The van der Waals surface area contributed by atoms with Crippen LogP contribution < -0.4 is 10.5 Å². The van der Waals surface area contributed by atoms with E-state index in [9.17, 15) is 17.6 Å². The maximum absolute atomic E-state index is 13.8. The maximum atomic E-state index is 13.8. The lowest BCUT2D eigenvalue weighted by molar-refractivity contribution is -0.137. The van der Waals surface area contributed by atoms with Gasteiger partial charge in [0.25, 0.3) is 0 Å². The Morgan fingerprint density at radius 3 is 2.57 bits per heavy atom. The van der Waals surface area contributed by atoms with Crippen molar-refractivity contribution in [3.8, 4) is 11.6 Å². The molecule has 0 radical (unpaired) electrons. The molecule has 1 heterocycles. The average molecular weight is 323 g/mol. The number of benzene rings is 2. The number of para-hydroxylation sites is 1. The van der Waals surface area contributed by atoms with Crippen LogP contribution in [0.1, 0.15) is 5.56 Å². The quantitative estimate of drug-likeness (QED) is 0.568. The number of hydrogen-bond donors (Lipinski definition) is 1. The van der Waals surface area contributed by atoms with Gasteiger partial charge in [-0.2, -0.15) is 13.2 Å². The van der Waals surface area contributed by atoms with Crippen molar-refractivity contribution >= 4 is 16.6 Å². The van der Waals surface area contributed by atoms with Crippen LogP contribution in [0.3, 0.4) is 0 Å². The zero-order valence-electron chi connectivity index (χ0n) is 11.4. The highest BCUT2D eigenvalue weighted by atomic mass is 19.4. The van der Waals surface area contributed by atoms with Gasteiger partial charge in [0.05, 0.1) is 16.6 Å². The molecule has 0 fully saturated rings. The van der Waals surface area contributed by atoms with Crippen molar-refractivity contribution in [1.29, 1.82) is 0 Å². The Labute approximate surface area is 127 Å². The first kappa shape index (κ1) is 15.0. The molecule has 118 valence electrons. The third-order valence-electron chi connectivity index (χ3n) is 3.12. The van der Waals surface area contributed by atoms with Crippen LogP contribution >= 0.6 is 0 Å². The van der Waals surface area contributed by atoms with E-state index in [0.29, 0.717) is 34.8 Å². The number of nitrogen functional groups attached to an aromatic ring is 1. The summed E-state index contributed by atoms with van der Waals surface area (Å²) in [5.74, 6) is -1.60. The lowest BCUT2D eigenvalue weighted by Gasteiger charge is -2.11. The number of nitrogens with two attached hydrogens (primary N) is 1. The van der Waals surface area contributed by atoms with E-state index in [2.05, 4.69) is 9.97 Å². The molecule has 0 saturated heterocycles. The second-order valence-electron chi connectivity index (χ2n) is 4.67. The summed E-state index contributed by atoms with van der Waals surface area (Å²) < 4.78 is 57.2. The standard InChI is InChI=1S/C15H9F4N3O/c16-10-5-4-8(15(17,18)19)6-12(10)23-14-9-2-1-3-11(20)13(9)21-7-22-14/h1-7H,20H2. The summed E-state index contributed by atoms with van der Waals surface area (Å²) in [5, 5.41) is 0.365. The van der Waals surface area contributed by atoms with Gasteiger partial charge >= 0.3 is 6.18 Å². The molecule has 0 aliphatic carbocycles. The fourth-order valence-corrected chi connectivity index (χ4v) is 2.03. The number of fused-ring (bicyclic) bond motifs is 1. The predicted octanol–water partition coefficient (Wildman–Crippen LogP) is 4.16. The van der Waals surface area contributed by atoms with Gasteiger partial charge in [0.2, 0.25) is 5.88 Å². The summed E-state index contributed by atoms with van der Waals surface area (Å²) >= 11 is 0. The van der Waals surface area contributed by atoms with Crippen LogP contribution in [0.15, 0.2) is 42.7 Å². The topological polar surface area (TPSA) is 61.0 Å². The molecule has 0 unspecified atom stereocenters. The number of hydrogen-bond acceptors (Lipinski definition) is 4. The van der Waals surface area contributed by atoms with Crippen LogP contribution in [0.5, 0.6) is 11.6 Å². The van der Waals surface area contributed by atoms with Gasteiger partial charge in [0.1, 0.15) is 11.8 Å². The molecule has 0 aliphatic rings. The van der Waals surface area contributed by atoms with E-state index in [1.54, 1.807) is 18.2 Å². The first-order valence-electron chi connectivity index (χ1n) is 6.40. The summed E-state index contributed by atoms with van der Waals surface area (Å²) in [4.78, 5) is 7.81. The normalized spacial score (nSPS) is 11.7. The first-order chi connectivity index (χ1) is 10.9. The van der Waals surface area contributed by atoms with Crippen LogP contribution in [0.25, 0.3) is 10.9 Å². The Morgan fingerprint density at radius 1 is 1.04 bits per heavy atom. The van der Waals surface area contributed by atoms with Gasteiger partial charge in [0, 0.05) is 0 Å². The minimum Gasteiger partial charge on any atom is -0.435 e. The van der Waals surface area contributed by atoms with Crippen LogP contribution in [0, 0.1) is 5.82 Å². The number of anilines is 1. The van der Waals surface area contributed by atoms with Crippen molar-refractivity contribution in [2.24, 2.45) is 0 Å². The first-order valence-corrected chi connectivity index (χ1v) is 6.40. The molecule has 0 aliphatic heterocycles. The molecule has 2 aromatic carbocycles. The second kappa shape index (κ2) is 5.38. The highest BCUT2D eigenvalue weighted by molar-refractivity contribution is 5.92. The van der Waals surface area contributed by atoms with Gasteiger partial charge in [-0.05, 0) is 30.3 Å². The van der Waals surface area contributed by atoms with Crippen molar-refractivity contribution < 1.29 is 22.3 Å². The van der Waals surface area contributed by atoms with Crippen molar-refractivity contribution in [2.45, 2.75) is 6.18 Å². The molecule has 0 bridgehead atoms. The van der Waals surface area contributed by atoms with Gasteiger partial charge in [-0.25, -0.2) is 14.4 Å². The van der Waals surface area contributed by atoms with Gasteiger partial charge in [-0.3, -0.25) is 0 Å². The molecule has 1 aromatic heterocycles. The third-order valence-corrected chi connectivity index (χ3v) is 3.12. The number of halogens is 4. The molecule has 3 rings (SSSR count). The van der Waals surface area contributed by atoms with E-state index in [1.165, 1.54) is 0 Å². The molecular formula is C15H9F4N3O. The molecular weight excluding hydrogens is 314 g/mol. The smallest absolute Gasteiger partial charge is 0.416 e. The fourth-order valence-electron chi connectivity index (χ4n) is 2.03. The lowest BCUT2D eigenvalue weighted by Crippen LogP contribution is -2.05. The third kappa shape index (κ3) is 2.87. The largest absolute Gasteiger partial charge is 0.435 e. The van der Waals surface area contributed by atoms with Gasteiger partial charge < -0.3 is 10.5 Å². The molecule has 2 N–H and O–H groups in total. The molecule has 4 nitrogen and oxygen atoms in total. The Morgan fingerprint density at radius 2 is 1.83 bits per heavy atom. The zero-order chi connectivity index (χ0) is 16.6. The molecule has 0 amide bonds. The summed E-state index contributed by atoms with van der Waals surface area (Å²) in [7, 11) is 0. The van der Waals surface area contributed by atoms with Crippen LogP contribution in [0.2, 0.25) is 0 Å². The second-order valence-corrected chi connectivity index (χ2v) is 4.67. The van der Waals surface area contributed by atoms with Crippen LogP contribution in [-0.4, -0.2) is 9.97 Å². The number of rotatable bonds is 2. The van der Waals surface area contributed by atoms with Gasteiger partial charge in [0.15, 0.2) is 11.6 Å². The van der Waals surface area contributed by atoms with Crippen molar-refractivity contribution in [2.75, 3.05) is 5.73 Å². The number of ether oxygens (including phenoxy) is 1. The monoisotopic (exact) mass is 323 g/mol. The van der Waals surface area contributed by atoms with Crippen molar-refractivity contribution in [1.82, 2.24) is 9.97 Å². The number of nitrogens with zero attached hydrogens (tertiary/aromatic N) is 2. The van der Waals surface area contributed by atoms with Crippen LogP contribution in [0.4, 0.5) is 23.2 Å². The maximum Gasteiger partial charge on any atom is 0.416 e. The van der Waals surface area contributed by atoms with Crippen molar-refractivity contribution in [3.63, 3.8) is 0 Å². The van der Waals surface area contributed by atoms with Gasteiger partial charge in [-0.1, -0.05) is 6.07 Å². The van der Waals surface area contributed by atoms with Crippen molar-refractivity contribution in [3.05, 3.63) is 54.1 Å². The van der Waals surface area contributed by atoms with Crippen LogP contribution in [-0.2, 0) is 6.18 Å². The molecule has 0 saturated carbocycles. The predicted molar refractivity (Wildman–Crippen MR) is 75.4 cm³/mol. The Balaban J connectivity index is 2.08. The van der Waals surface area contributed by atoms with E-state index >= 15 is 0 Å². The highest BCUT2D eigenvalue weighted by Gasteiger charge is 2.31. The summed E-state index contributed by atoms with van der Waals surface area (Å²) in [5.41, 5.74) is 5.45. The number of aromatic nitrogens is 2. The molecule has 0 atom stereocenters. The number of alkyl halides is 3. The van der Waals surface area contributed by atoms with E-state index in [-0.39, 0.29) is 5.88 Å². The Kier molecular flexibility index (Phi) is 3.51. The average Bonchev–Trinajstić information content (AvgIpc) is 2.49. The zero-order valence-corrected chi connectivity index (χ0v) is 11.4. The molecule has 0 spiro atoms. The molecule has 23 heavy (non-hydrogen) atoms. The van der Waals surface area contributed by atoms with E-state index in [1.807, 2.05) is 0 Å². The van der Waals surface area contributed by atoms with E-state index in [0.717, 1.165) is 6.33 Å². The molecule has 3 aromatic rings. The Bertz CT molecular complexity index is 880. The lowest BCUT2D eigenvalue weighted by atomic mass is 10.2. The Hall–Kier alpha value is -2.90. The molecule has 8 heteroatoms. The van der Waals surface area contributed by atoms with E-state index in [4.69, 9.17) is 10.5 Å². The van der Waals surface area contributed by atoms with Gasteiger partial charge in [-0.15, -0.1) is 0 Å². The summed E-state index contributed by atoms with van der Waals surface area (Å²) in [6, 6.07) is 6.69. The minimum atomic E-state index is -4.61. The minimum absolute atomic E-state index is 0.0828.